The maximum Gasteiger partial charge on any atom is 0.308 e. The number of ether oxygens (including phenoxy) is 5. The van der Waals surface area contributed by atoms with Gasteiger partial charge in [-0.05, 0) is 66.6 Å². The number of esters is 1. The lowest BCUT2D eigenvalue weighted by Gasteiger charge is -2.50. The van der Waals surface area contributed by atoms with Gasteiger partial charge in [0.25, 0.3) is 0 Å². The second-order valence-corrected chi connectivity index (χ2v) is 15.5. The molecule has 5 N–H and O–H groups in total. The number of hydrogen-bond acceptors (Lipinski definition) is 14. The number of hydrogen-bond donors (Lipinski definition) is 5. The molecule has 0 aromatic heterocycles. The van der Waals surface area contributed by atoms with E-state index < -0.39 is 109 Å². The molecule has 14 nitrogen and oxygen atoms in total. The maximum absolute atomic E-state index is 13.3. The summed E-state index contributed by atoms with van der Waals surface area (Å²) >= 11 is 0. The van der Waals surface area contributed by atoms with Crippen LogP contribution in [-0.4, -0.2) is 142 Å². The lowest BCUT2D eigenvalue weighted by Crippen LogP contribution is -2.65. The number of aldehydes is 1. The van der Waals surface area contributed by atoms with E-state index in [2.05, 4.69) is 0 Å². The van der Waals surface area contributed by atoms with Crippen molar-refractivity contribution in [1.82, 2.24) is 4.90 Å². The van der Waals surface area contributed by atoms with Crippen LogP contribution >= 0.6 is 0 Å². The van der Waals surface area contributed by atoms with Crippen molar-refractivity contribution in [2.45, 2.75) is 154 Å². The number of rotatable bonds is 9. The van der Waals surface area contributed by atoms with E-state index in [4.69, 9.17) is 23.7 Å². The van der Waals surface area contributed by atoms with Crippen molar-refractivity contribution in [2.24, 2.45) is 23.7 Å². The number of carbonyl (C=O) groups is 3. The first-order valence-electron chi connectivity index (χ1n) is 18.5. The van der Waals surface area contributed by atoms with Crippen molar-refractivity contribution >= 4 is 18.0 Å². The van der Waals surface area contributed by atoms with Crippen LogP contribution in [0.5, 0.6) is 0 Å². The van der Waals surface area contributed by atoms with Gasteiger partial charge < -0.3 is 58.9 Å². The fourth-order valence-electron chi connectivity index (χ4n) is 7.68. The van der Waals surface area contributed by atoms with Gasteiger partial charge in [0.2, 0.25) is 0 Å². The topological polar surface area (TPSA) is 202 Å². The quantitative estimate of drug-likeness (QED) is 0.169. The Morgan fingerprint density at radius 3 is 2.27 bits per heavy atom. The molecule has 0 radical (unpaired) electrons. The summed E-state index contributed by atoms with van der Waals surface area (Å²) in [5.74, 6) is -3.38. The molecule has 3 aliphatic rings. The SMILES string of the molecule is CC[C@H]1OC(=O)C[C@H](O)[C@H](C)[C@@H](O[C@@H]2O[C@H](C)[C@@H](O[C@H]3C[C@@](C)(O)[C@@H](O)[C@H](C)O3)[C@H](N(C)C)[C@H]2O)[C@@H](CC=O)C[C@@H](C)C(=O)/C=C/C(C)=C/[C@@H]1CO. The van der Waals surface area contributed by atoms with Gasteiger partial charge in [-0.1, -0.05) is 38.5 Å². The summed E-state index contributed by atoms with van der Waals surface area (Å²) in [7, 11) is 3.51. The summed E-state index contributed by atoms with van der Waals surface area (Å²) in [6.07, 6.45) is -4.08. The van der Waals surface area contributed by atoms with Gasteiger partial charge >= 0.3 is 5.97 Å². The summed E-state index contributed by atoms with van der Waals surface area (Å²) in [6, 6.07) is -0.720. The summed E-state index contributed by atoms with van der Waals surface area (Å²) in [5.41, 5.74) is -0.773. The molecular weight excluding hydrogens is 678 g/mol. The third-order valence-electron chi connectivity index (χ3n) is 10.9. The van der Waals surface area contributed by atoms with E-state index in [0.29, 0.717) is 12.0 Å². The molecule has 0 unspecified atom stereocenters. The van der Waals surface area contributed by atoms with Gasteiger partial charge in [-0.15, -0.1) is 0 Å². The standard InChI is InChI=1S/C38H63NO13/c1-10-29-26(19-41)15-20(2)11-12-27(42)21(3)16-25(13-14-40)34(22(4)28(43)17-30(44)50-29)52-37-33(45)32(39(8)9)35(23(5)49-37)51-31-18-38(7,47)36(46)24(6)48-31/h11-12,14-15,21-26,28-29,31-37,41,43,45-47H,10,13,16-19H2,1-9H3/b12-11+,20-15+/t21-,22+,23-,24+,25+,26-,28+,29-,31+,32-,33-,34-,35-,36+,37+,38-/m1/s1. The highest BCUT2D eigenvalue weighted by Crippen LogP contribution is 2.37. The fraction of sp³-hybridized carbons (Fsp3) is 0.816. The molecule has 3 rings (SSSR count). The van der Waals surface area contributed by atoms with Crippen molar-refractivity contribution in [3.63, 3.8) is 0 Å². The summed E-state index contributed by atoms with van der Waals surface area (Å²) in [4.78, 5) is 40.3. The van der Waals surface area contributed by atoms with Gasteiger partial charge in [0.05, 0.1) is 49.1 Å². The zero-order valence-corrected chi connectivity index (χ0v) is 32.2. The lowest BCUT2D eigenvalue weighted by atomic mass is 9.79. The van der Waals surface area contributed by atoms with E-state index in [1.165, 1.54) is 13.0 Å². The van der Waals surface area contributed by atoms with Gasteiger partial charge in [-0.3, -0.25) is 9.59 Å². The van der Waals surface area contributed by atoms with Crippen LogP contribution in [-0.2, 0) is 38.1 Å². The molecule has 3 heterocycles. The number of carbonyl (C=O) groups excluding carboxylic acids is 3. The number of aliphatic hydroxyl groups is 5. The Hall–Kier alpha value is -2.11. The molecule has 3 aliphatic heterocycles. The minimum absolute atomic E-state index is 0.0210. The highest BCUT2D eigenvalue weighted by atomic mass is 16.7. The highest BCUT2D eigenvalue weighted by Gasteiger charge is 2.51. The van der Waals surface area contributed by atoms with Crippen LogP contribution in [0.4, 0.5) is 0 Å². The van der Waals surface area contributed by atoms with Gasteiger partial charge in [0.1, 0.15) is 30.7 Å². The van der Waals surface area contributed by atoms with Gasteiger partial charge in [0.15, 0.2) is 18.4 Å². The molecule has 0 saturated carbocycles. The molecule has 52 heavy (non-hydrogen) atoms. The van der Waals surface area contributed by atoms with E-state index in [0.717, 1.165) is 6.29 Å². The molecule has 0 amide bonds. The molecule has 14 heteroatoms. The Bertz CT molecular complexity index is 1240. The average Bonchev–Trinajstić information content (AvgIpc) is 3.07. The van der Waals surface area contributed by atoms with Crippen LogP contribution < -0.4 is 0 Å². The number of cyclic esters (lactones) is 1. The lowest BCUT2D eigenvalue weighted by molar-refractivity contribution is -0.341. The zero-order valence-electron chi connectivity index (χ0n) is 32.2. The minimum Gasteiger partial charge on any atom is -0.462 e. The van der Waals surface area contributed by atoms with E-state index >= 15 is 0 Å². The van der Waals surface area contributed by atoms with Gasteiger partial charge in [-0.2, -0.15) is 0 Å². The molecule has 2 fully saturated rings. The molecule has 0 aromatic rings. The first kappa shape index (κ1) is 44.3. The van der Waals surface area contributed by atoms with E-state index in [1.54, 1.807) is 65.8 Å². The molecule has 298 valence electrons. The molecule has 16 atom stereocenters. The van der Waals surface area contributed by atoms with E-state index in [-0.39, 0.29) is 31.7 Å². The van der Waals surface area contributed by atoms with Crippen molar-refractivity contribution in [1.29, 1.82) is 0 Å². The monoisotopic (exact) mass is 741 g/mol. The molecule has 0 aromatic carbocycles. The summed E-state index contributed by atoms with van der Waals surface area (Å²) in [5, 5.41) is 54.5. The first-order chi connectivity index (χ1) is 24.3. The second-order valence-electron chi connectivity index (χ2n) is 15.5. The Morgan fingerprint density at radius 1 is 1.02 bits per heavy atom. The third kappa shape index (κ3) is 11.2. The van der Waals surface area contributed by atoms with Crippen LogP contribution in [0.15, 0.2) is 23.8 Å². The van der Waals surface area contributed by atoms with Crippen molar-refractivity contribution in [3.05, 3.63) is 23.8 Å². The maximum atomic E-state index is 13.3. The first-order valence-corrected chi connectivity index (χ1v) is 18.5. The van der Waals surface area contributed by atoms with Crippen molar-refractivity contribution in [3.8, 4) is 0 Å². The predicted octanol–water partition coefficient (Wildman–Crippen LogP) is 1.67. The number of nitrogens with zero attached hydrogens (tertiary/aromatic N) is 1. The van der Waals surface area contributed by atoms with Crippen LogP contribution in [0.3, 0.4) is 0 Å². The molecular formula is C38H63NO13. The second kappa shape index (κ2) is 19.5. The van der Waals surface area contributed by atoms with Crippen LogP contribution in [0.1, 0.15) is 80.6 Å². The Labute approximate surface area is 308 Å². The smallest absolute Gasteiger partial charge is 0.308 e. The number of aliphatic hydroxyl groups excluding tert-OH is 4. The normalized spacial score (nSPS) is 44.8. The zero-order chi connectivity index (χ0) is 39.1. The summed E-state index contributed by atoms with van der Waals surface area (Å²) in [6.45, 7) is 11.6. The van der Waals surface area contributed by atoms with Gasteiger partial charge in [0, 0.05) is 30.6 Å². The Balaban J connectivity index is 1.96. The van der Waals surface area contributed by atoms with E-state index in [9.17, 15) is 39.9 Å². The van der Waals surface area contributed by atoms with Crippen molar-refractivity contribution < 1.29 is 63.6 Å². The Kier molecular flexibility index (Phi) is 16.6. The molecule has 0 aliphatic carbocycles. The number of allylic oxidation sites excluding steroid dienone is 3. The molecule has 2 saturated heterocycles. The van der Waals surface area contributed by atoms with Crippen LogP contribution in [0, 0.1) is 23.7 Å². The van der Waals surface area contributed by atoms with Gasteiger partial charge in [-0.25, -0.2) is 0 Å². The van der Waals surface area contributed by atoms with E-state index in [1.807, 2.05) is 6.92 Å². The molecule has 0 bridgehead atoms. The Morgan fingerprint density at radius 2 is 1.69 bits per heavy atom. The largest absolute Gasteiger partial charge is 0.462 e. The third-order valence-corrected chi connectivity index (χ3v) is 10.9. The summed E-state index contributed by atoms with van der Waals surface area (Å²) < 4.78 is 30.7. The number of ketones is 1. The number of likely N-dealkylation sites (N-methyl/N-ethyl adjacent to an activating group) is 1. The highest BCUT2D eigenvalue weighted by molar-refractivity contribution is 5.91. The van der Waals surface area contributed by atoms with Crippen LogP contribution in [0.2, 0.25) is 0 Å². The minimum atomic E-state index is -1.47. The predicted molar refractivity (Wildman–Crippen MR) is 190 cm³/mol. The van der Waals surface area contributed by atoms with Crippen LogP contribution in [0.25, 0.3) is 0 Å². The molecule has 0 spiro atoms. The van der Waals surface area contributed by atoms with Crippen molar-refractivity contribution in [2.75, 3.05) is 20.7 Å². The fourth-order valence-corrected chi connectivity index (χ4v) is 7.68. The average molecular weight is 742 g/mol.